The molecule has 0 atom stereocenters. The van der Waals surface area contributed by atoms with Crippen molar-refractivity contribution >= 4 is 34.5 Å². The van der Waals surface area contributed by atoms with Gasteiger partial charge in [-0.1, -0.05) is 0 Å². The van der Waals surface area contributed by atoms with Crippen LogP contribution in [-0.2, 0) is 0 Å². The minimum atomic E-state index is 0.507. The van der Waals surface area contributed by atoms with Crippen LogP contribution in [0.5, 0.6) is 0 Å². The number of nitrogens with zero attached hydrogens (tertiary/aromatic N) is 6. The lowest BCUT2D eigenvalue weighted by Gasteiger charge is -2.12. The molecule has 7 nitrogen and oxygen atoms in total. The van der Waals surface area contributed by atoms with Crippen molar-refractivity contribution in [3.05, 3.63) is 16.0 Å². The van der Waals surface area contributed by atoms with Gasteiger partial charge in [0.2, 0.25) is 11.9 Å². The number of aromatic nitrogens is 5. The van der Waals surface area contributed by atoms with Gasteiger partial charge in [0.25, 0.3) is 5.95 Å². The summed E-state index contributed by atoms with van der Waals surface area (Å²) in [6.45, 7) is 2.75. The van der Waals surface area contributed by atoms with Gasteiger partial charge in [-0.25, -0.2) is 4.68 Å². The highest BCUT2D eigenvalue weighted by molar-refractivity contribution is 14.1. The fraction of sp³-hybridized carbons (Fsp3) is 0.400. The zero-order valence-corrected chi connectivity index (χ0v) is 12.6. The first-order chi connectivity index (χ1) is 8.60. The van der Waals surface area contributed by atoms with Gasteiger partial charge in [0.1, 0.15) is 0 Å². The van der Waals surface area contributed by atoms with E-state index in [1.165, 1.54) is 0 Å². The number of hydrogen-bond donors (Lipinski definition) is 1. The van der Waals surface area contributed by atoms with Crippen molar-refractivity contribution in [1.82, 2.24) is 24.7 Å². The van der Waals surface area contributed by atoms with Crippen molar-refractivity contribution in [3.8, 4) is 5.95 Å². The van der Waals surface area contributed by atoms with Gasteiger partial charge in [0.15, 0.2) is 0 Å². The third kappa shape index (κ3) is 2.86. The zero-order valence-electron chi connectivity index (χ0n) is 10.4. The predicted octanol–water partition coefficient (Wildman–Crippen LogP) is 1.16. The van der Waals surface area contributed by atoms with Gasteiger partial charge < -0.3 is 10.2 Å². The van der Waals surface area contributed by atoms with Crippen LogP contribution < -0.4 is 10.2 Å². The van der Waals surface area contributed by atoms with E-state index in [-0.39, 0.29) is 0 Å². The molecule has 96 valence electrons. The molecule has 2 rings (SSSR count). The van der Waals surface area contributed by atoms with E-state index in [0.29, 0.717) is 17.8 Å². The Kier molecular flexibility index (Phi) is 3.94. The summed E-state index contributed by atoms with van der Waals surface area (Å²) in [4.78, 5) is 14.8. The Labute approximate surface area is 119 Å². The monoisotopic (exact) mass is 359 g/mol. The standard InChI is InChI=1S/C10H14IN7/c1-4-12-8-14-9(17(2)3)16-10(15-8)18-6-7(11)5-13-18/h5-6H,4H2,1-3H3,(H,12,14,15,16). The largest absolute Gasteiger partial charge is 0.354 e. The molecule has 0 saturated carbocycles. The first-order valence-electron chi connectivity index (χ1n) is 5.48. The van der Waals surface area contributed by atoms with E-state index in [4.69, 9.17) is 0 Å². The van der Waals surface area contributed by atoms with E-state index in [1.54, 1.807) is 10.9 Å². The van der Waals surface area contributed by atoms with Gasteiger partial charge in [-0.05, 0) is 29.5 Å². The van der Waals surface area contributed by atoms with Crippen LogP contribution in [0.2, 0.25) is 0 Å². The van der Waals surface area contributed by atoms with E-state index in [1.807, 2.05) is 32.1 Å². The predicted molar refractivity (Wildman–Crippen MR) is 78.2 cm³/mol. The fourth-order valence-electron chi connectivity index (χ4n) is 1.30. The van der Waals surface area contributed by atoms with Crippen LogP contribution in [-0.4, -0.2) is 45.4 Å². The lowest BCUT2D eigenvalue weighted by molar-refractivity contribution is 0.788. The summed E-state index contributed by atoms with van der Waals surface area (Å²) < 4.78 is 2.67. The summed E-state index contributed by atoms with van der Waals surface area (Å²) in [5, 5.41) is 7.29. The molecule has 8 heteroatoms. The average Bonchev–Trinajstić information content (AvgIpc) is 2.76. The Bertz CT molecular complexity index is 537. The summed E-state index contributed by atoms with van der Waals surface area (Å²) in [6.07, 6.45) is 3.62. The molecule has 18 heavy (non-hydrogen) atoms. The molecule has 0 amide bonds. The molecule has 2 aromatic heterocycles. The SMILES string of the molecule is CCNc1nc(N(C)C)nc(-n2cc(I)cn2)n1. The van der Waals surface area contributed by atoms with Crippen LogP contribution in [0.1, 0.15) is 6.92 Å². The summed E-state index contributed by atoms with van der Waals surface area (Å²) in [5.74, 6) is 1.66. The maximum Gasteiger partial charge on any atom is 0.257 e. The third-order valence-corrected chi connectivity index (χ3v) is 2.66. The van der Waals surface area contributed by atoms with Crippen molar-refractivity contribution in [2.24, 2.45) is 0 Å². The molecular weight excluding hydrogens is 345 g/mol. The minimum Gasteiger partial charge on any atom is -0.354 e. The molecule has 0 bridgehead atoms. The molecule has 2 aromatic rings. The van der Waals surface area contributed by atoms with Crippen molar-refractivity contribution < 1.29 is 0 Å². The van der Waals surface area contributed by atoms with Gasteiger partial charge in [0.05, 0.1) is 9.77 Å². The van der Waals surface area contributed by atoms with Gasteiger partial charge >= 0.3 is 0 Å². The van der Waals surface area contributed by atoms with E-state index < -0.39 is 0 Å². The van der Waals surface area contributed by atoms with E-state index in [9.17, 15) is 0 Å². The molecule has 0 radical (unpaired) electrons. The Balaban J connectivity index is 2.45. The number of anilines is 2. The highest BCUT2D eigenvalue weighted by Crippen LogP contribution is 2.12. The number of halogens is 1. The zero-order chi connectivity index (χ0) is 13.1. The van der Waals surface area contributed by atoms with E-state index >= 15 is 0 Å². The number of hydrogen-bond acceptors (Lipinski definition) is 6. The van der Waals surface area contributed by atoms with Gasteiger partial charge in [0, 0.05) is 26.8 Å². The number of rotatable bonds is 4. The van der Waals surface area contributed by atoms with Crippen LogP contribution >= 0.6 is 22.6 Å². The topological polar surface area (TPSA) is 71.8 Å². The van der Waals surface area contributed by atoms with Crippen molar-refractivity contribution in [3.63, 3.8) is 0 Å². The summed E-state index contributed by atoms with van der Waals surface area (Å²) in [5.41, 5.74) is 0. The van der Waals surface area contributed by atoms with Gasteiger partial charge in [-0.3, -0.25) is 0 Å². The molecule has 0 spiro atoms. The second-order valence-corrected chi connectivity index (χ2v) is 5.03. The molecule has 0 saturated heterocycles. The third-order valence-electron chi connectivity index (χ3n) is 2.10. The van der Waals surface area contributed by atoms with Crippen molar-refractivity contribution in [2.75, 3.05) is 30.9 Å². The fourth-order valence-corrected chi connectivity index (χ4v) is 1.69. The average molecular weight is 359 g/mol. The lowest BCUT2D eigenvalue weighted by Crippen LogP contribution is -2.17. The van der Waals surface area contributed by atoms with Crippen LogP contribution in [0, 0.1) is 3.57 Å². The van der Waals surface area contributed by atoms with Crippen LogP contribution in [0.4, 0.5) is 11.9 Å². The van der Waals surface area contributed by atoms with Crippen LogP contribution in [0.3, 0.4) is 0 Å². The van der Waals surface area contributed by atoms with Gasteiger partial charge in [-0.15, -0.1) is 0 Å². The summed E-state index contributed by atoms with van der Waals surface area (Å²) in [7, 11) is 3.78. The molecule has 0 unspecified atom stereocenters. The molecule has 0 aliphatic rings. The maximum absolute atomic E-state index is 4.36. The minimum absolute atomic E-state index is 0.507. The van der Waals surface area contributed by atoms with Crippen molar-refractivity contribution in [1.29, 1.82) is 0 Å². The molecule has 0 aromatic carbocycles. The van der Waals surface area contributed by atoms with Crippen LogP contribution in [0.15, 0.2) is 12.4 Å². The quantitative estimate of drug-likeness (QED) is 0.827. The second kappa shape index (κ2) is 5.46. The van der Waals surface area contributed by atoms with E-state index in [2.05, 4.69) is 48.0 Å². The smallest absolute Gasteiger partial charge is 0.257 e. The van der Waals surface area contributed by atoms with Gasteiger partial charge in [-0.2, -0.15) is 20.1 Å². The first kappa shape index (κ1) is 13.0. The van der Waals surface area contributed by atoms with E-state index in [0.717, 1.165) is 10.1 Å². The highest BCUT2D eigenvalue weighted by Gasteiger charge is 2.10. The normalized spacial score (nSPS) is 10.4. The molecule has 0 fully saturated rings. The number of nitrogens with one attached hydrogen (secondary N) is 1. The molecule has 0 aliphatic heterocycles. The molecular formula is C10H14IN7. The second-order valence-electron chi connectivity index (χ2n) is 3.79. The highest BCUT2D eigenvalue weighted by atomic mass is 127. The lowest BCUT2D eigenvalue weighted by atomic mass is 10.7. The molecule has 0 aliphatic carbocycles. The molecule has 2 heterocycles. The Morgan fingerprint density at radius 2 is 2.11 bits per heavy atom. The molecule has 1 N–H and O–H groups in total. The first-order valence-corrected chi connectivity index (χ1v) is 6.56. The maximum atomic E-state index is 4.36. The van der Waals surface area contributed by atoms with Crippen LogP contribution in [0.25, 0.3) is 5.95 Å². The Hall–Kier alpha value is -1.45. The Morgan fingerprint density at radius 1 is 1.33 bits per heavy atom. The summed E-state index contributed by atoms with van der Waals surface area (Å²) >= 11 is 2.19. The van der Waals surface area contributed by atoms with Crippen molar-refractivity contribution in [2.45, 2.75) is 6.92 Å². The summed E-state index contributed by atoms with van der Waals surface area (Å²) in [6, 6.07) is 0. The Morgan fingerprint density at radius 3 is 2.67 bits per heavy atom.